The van der Waals surface area contributed by atoms with Gasteiger partial charge in [0.25, 0.3) is 0 Å². The van der Waals surface area contributed by atoms with Gasteiger partial charge in [-0.3, -0.25) is 0 Å². The Kier molecular flexibility index (Phi) is 4.20. The molecule has 1 atom stereocenters. The molecule has 1 rings (SSSR count). The Morgan fingerprint density at radius 3 is 2.92 bits per heavy atom. The molecule has 0 saturated carbocycles. The van der Waals surface area contributed by atoms with Crippen molar-refractivity contribution in [3.05, 3.63) is 11.8 Å². The Morgan fingerprint density at radius 1 is 1.50 bits per heavy atom. The predicted octanol–water partition coefficient (Wildman–Crippen LogP) is 3.65. The molecule has 0 fully saturated rings. The van der Waals surface area contributed by atoms with E-state index >= 15 is 0 Å². The highest BCUT2D eigenvalue weighted by molar-refractivity contribution is 5.01. The largest absolute Gasteiger partial charge is 0.498 e. The lowest BCUT2D eigenvalue weighted by Gasteiger charge is -2.19. The molecule has 0 aliphatic carbocycles. The third kappa shape index (κ3) is 3.29. The molecule has 0 N–H and O–H groups in total. The van der Waals surface area contributed by atoms with Crippen molar-refractivity contribution in [3.63, 3.8) is 0 Å². The maximum Gasteiger partial charge on any atom is 0.0953 e. The number of ether oxygens (including phenoxy) is 1. The average Bonchev–Trinajstić information content (AvgIpc) is 2.09. The standard InChI is InChI=1S/C11H20O/c1-3-4-5-6-11-8-7-10(2)12-9-11/h9-10H,3-8H2,1-2H3. The van der Waals surface area contributed by atoms with E-state index in [0.717, 1.165) is 0 Å². The van der Waals surface area contributed by atoms with Gasteiger partial charge in [-0.25, -0.2) is 0 Å². The van der Waals surface area contributed by atoms with Crippen molar-refractivity contribution in [2.75, 3.05) is 0 Å². The zero-order chi connectivity index (χ0) is 8.81. The van der Waals surface area contributed by atoms with Crippen LogP contribution < -0.4 is 0 Å². The number of rotatable bonds is 4. The second-order valence-corrected chi connectivity index (χ2v) is 3.72. The molecule has 1 aliphatic rings. The van der Waals surface area contributed by atoms with Crippen molar-refractivity contribution in [2.45, 2.75) is 58.5 Å². The van der Waals surface area contributed by atoms with Crippen molar-refractivity contribution >= 4 is 0 Å². The highest BCUT2D eigenvalue weighted by Gasteiger charge is 2.09. The van der Waals surface area contributed by atoms with Crippen LogP contribution >= 0.6 is 0 Å². The minimum absolute atomic E-state index is 0.444. The molecule has 1 heteroatoms. The number of hydrogen-bond donors (Lipinski definition) is 0. The molecule has 12 heavy (non-hydrogen) atoms. The molecule has 0 amide bonds. The molecule has 0 saturated heterocycles. The van der Waals surface area contributed by atoms with Gasteiger partial charge in [-0.2, -0.15) is 0 Å². The predicted molar refractivity (Wildman–Crippen MR) is 52.0 cm³/mol. The highest BCUT2D eigenvalue weighted by Crippen LogP contribution is 2.21. The zero-order valence-corrected chi connectivity index (χ0v) is 8.31. The summed E-state index contributed by atoms with van der Waals surface area (Å²) >= 11 is 0. The second kappa shape index (κ2) is 5.23. The van der Waals surface area contributed by atoms with Gasteiger partial charge in [-0.15, -0.1) is 0 Å². The maximum atomic E-state index is 5.46. The molecular weight excluding hydrogens is 148 g/mol. The molecule has 1 aliphatic heterocycles. The van der Waals surface area contributed by atoms with Crippen molar-refractivity contribution in [2.24, 2.45) is 0 Å². The van der Waals surface area contributed by atoms with E-state index in [1.54, 1.807) is 0 Å². The van der Waals surface area contributed by atoms with E-state index in [1.807, 2.05) is 6.26 Å². The average molecular weight is 168 g/mol. The van der Waals surface area contributed by atoms with Crippen molar-refractivity contribution in [1.82, 2.24) is 0 Å². The summed E-state index contributed by atoms with van der Waals surface area (Å²) in [6.07, 6.45) is 10.1. The van der Waals surface area contributed by atoms with Crippen LogP contribution in [0.5, 0.6) is 0 Å². The van der Waals surface area contributed by atoms with Crippen molar-refractivity contribution in [1.29, 1.82) is 0 Å². The Bertz CT molecular complexity index is 149. The van der Waals surface area contributed by atoms with E-state index in [0.29, 0.717) is 6.10 Å². The van der Waals surface area contributed by atoms with Gasteiger partial charge in [0.2, 0.25) is 0 Å². The van der Waals surface area contributed by atoms with Crippen LogP contribution in [0, 0.1) is 0 Å². The summed E-state index contributed by atoms with van der Waals surface area (Å²) in [7, 11) is 0. The lowest BCUT2D eigenvalue weighted by atomic mass is 10.0. The molecule has 70 valence electrons. The monoisotopic (exact) mass is 168 g/mol. The third-order valence-electron chi connectivity index (χ3n) is 2.44. The first-order valence-corrected chi connectivity index (χ1v) is 5.16. The highest BCUT2D eigenvalue weighted by atomic mass is 16.5. The summed E-state index contributed by atoms with van der Waals surface area (Å²) < 4.78 is 5.46. The molecule has 1 nitrogen and oxygen atoms in total. The summed E-state index contributed by atoms with van der Waals surface area (Å²) in [5.74, 6) is 0. The summed E-state index contributed by atoms with van der Waals surface area (Å²) in [4.78, 5) is 0. The summed E-state index contributed by atoms with van der Waals surface area (Å²) in [5, 5.41) is 0. The first kappa shape index (κ1) is 9.63. The fraction of sp³-hybridized carbons (Fsp3) is 0.818. The summed E-state index contributed by atoms with van der Waals surface area (Å²) in [5.41, 5.74) is 1.52. The topological polar surface area (TPSA) is 9.23 Å². The summed E-state index contributed by atoms with van der Waals surface area (Å²) in [6, 6.07) is 0. The Morgan fingerprint density at radius 2 is 2.33 bits per heavy atom. The first-order chi connectivity index (χ1) is 5.83. The van der Waals surface area contributed by atoms with E-state index in [9.17, 15) is 0 Å². The van der Waals surface area contributed by atoms with Gasteiger partial charge < -0.3 is 4.74 Å². The molecule has 0 aromatic rings. The van der Waals surface area contributed by atoms with Crippen LogP contribution in [0.1, 0.15) is 52.4 Å². The quantitative estimate of drug-likeness (QED) is 0.582. The van der Waals surface area contributed by atoms with Crippen LogP contribution in [0.3, 0.4) is 0 Å². The van der Waals surface area contributed by atoms with Crippen LogP contribution in [0.2, 0.25) is 0 Å². The minimum Gasteiger partial charge on any atom is -0.498 e. The van der Waals surface area contributed by atoms with E-state index in [2.05, 4.69) is 13.8 Å². The van der Waals surface area contributed by atoms with E-state index < -0.39 is 0 Å². The van der Waals surface area contributed by atoms with E-state index in [4.69, 9.17) is 4.74 Å². The normalized spacial score (nSPS) is 23.2. The van der Waals surface area contributed by atoms with Gasteiger partial charge in [0, 0.05) is 0 Å². The smallest absolute Gasteiger partial charge is 0.0953 e. The minimum atomic E-state index is 0.444. The molecule has 1 unspecified atom stereocenters. The number of allylic oxidation sites excluding steroid dienone is 1. The zero-order valence-electron chi connectivity index (χ0n) is 8.31. The fourth-order valence-electron chi connectivity index (χ4n) is 1.51. The molecule has 0 radical (unpaired) electrons. The van der Waals surface area contributed by atoms with Crippen LogP contribution in [-0.4, -0.2) is 6.10 Å². The molecular formula is C11H20O. The van der Waals surface area contributed by atoms with Gasteiger partial charge in [0.1, 0.15) is 0 Å². The van der Waals surface area contributed by atoms with Gasteiger partial charge in [0.15, 0.2) is 0 Å². The maximum absolute atomic E-state index is 5.46. The Labute approximate surface area is 75.8 Å². The van der Waals surface area contributed by atoms with E-state index in [-0.39, 0.29) is 0 Å². The molecule has 0 aromatic heterocycles. The van der Waals surface area contributed by atoms with Gasteiger partial charge >= 0.3 is 0 Å². The SMILES string of the molecule is CCCCCC1=COC(C)CC1. The Hall–Kier alpha value is -0.460. The molecule has 0 spiro atoms. The lowest BCUT2D eigenvalue weighted by Crippen LogP contribution is -2.09. The van der Waals surface area contributed by atoms with Gasteiger partial charge in [-0.1, -0.05) is 19.8 Å². The molecule has 0 aromatic carbocycles. The van der Waals surface area contributed by atoms with Crippen LogP contribution in [-0.2, 0) is 4.74 Å². The second-order valence-electron chi connectivity index (χ2n) is 3.72. The number of hydrogen-bond acceptors (Lipinski definition) is 1. The van der Waals surface area contributed by atoms with Crippen LogP contribution in [0.15, 0.2) is 11.8 Å². The summed E-state index contributed by atoms with van der Waals surface area (Å²) in [6.45, 7) is 4.38. The Balaban J connectivity index is 2.15. The first-order valence-electron chi connectivity index (χ1n) is 5.16. The van der Waals surface area contributed by atoms with Gasteiger partial charge in [0.05, 0.1) is 12.4 Å². The van der Waals surface area contributed by atoms with Gasteiger partial charge in [-0.05, 0) is 38.2 Å². The third-order valence-corrected chi connectivity index (χ3v) is 2.44. The fourth-order valence-corrected chi connectivity index (χ4v) is 1.51. The molecule has 1 heterocycles. The van der Waals surface area contributed by atoms with Crippen molar-refractivity contribution in [3.8, 4) is 0 Å². The lowest BCUT2D eigenvalue weighted by molar-refractivity contribution is 0.134. The van der Waals surface area contributed by atoms with Crippen molar-refractivity contribution < 1.29 is 4.74 Å². The number of unbranched alkanes of at least 4 members (excludes halogenated alkanes) is 2. The van der Waals surface area contributed by atoms with E-state index in [1.165, 1.54) is 44.1 Å². The van der Waals surface area contributed by atoms with Crippen LogP contribution in [0.25, 0.3) is 0 Å². The molecule has 0 bridgehead atoms. The van der Waals surface area contributed by atoms with Crippen LogP contribution in [0.4, 0.5) is 0 Å².